The van der Waals surface area contributed by atoms with Crippen molar-refractivity contribution in [2.24, 2.45) is 0 Å². The average molecular weight is 705 g/mol. The highest BCUT2D eigenvalue weighted by Crippen LogP contribution is 2.14. The molecule has 0 saturated carbocycles. The van der Waals surface area contributed by atoms with E-state index in [1.807, 2.05) is 0 Å². The zero-order valence-corrected chi connectivity index (χ0v) is 33.4. The van der Waals surface area contributed by atoms with Gasteiger partial charge in [-0.2, -0.15) is 0 Å². The molecule has 0 rings (SSSR count). The van der Waals surface area contributed by atoms with Crippen molar-refractivity contribution in [2.75, 3.05) is 13.2 Å². The molecule has 0 heterocycles. The Hall–Kier alpha value is -1.62. The predicted molar refractivity (Wildman–Crippen MR) is 215 cm³/mol. The van der Waals surface area contributed by atoms with Crippen LogP contribution in [0.2, 0.25) is 0 Å². The second-order valence-corrected chi connectivity index (χ2v) is 14.8. The second-order valence-electron chi connectivity index (χ2n) is 14.8. The molecule has 0 unspecified atom stereocenters. The Morgan fingerprint density at radius 2 is 0.740 bits per heavy atom. The lowest BCUT2D eigenvalue weighted by Crippen LogP contribution is -2.28. The summed E-state index contributed by atoms with van der Waals surface area (Å²) in [6.45, 7) is 4.14. The van der Waals surface area contributed by atoms with Crippen LogP contribution < -0.4 is 0 Å². The van der Waals surface area contributed by atoms with Gasteiger partial charge < -0.3 is 14.6 Å². The van der Waals surface area contributed by atoms with E-state index in [2.05, 4.69) is 38.2 Å². The zero-order chi connectivity index (χ0) is 36.4. The van der Waals surface area contributed by atoms with Gasteiger partial charge >= 0.3 is 11.9 Å². The number of aliphatic hydroxyl groups is 1. The minimum absolute atomic E-state index is 0.0661. The van der Waals surface area contributed by atoms with Gasteiger partial charge in [0.1, 0.15) is 6.61 Å². The number of rotatable bonds is 40. The van der Waals surface area contributed by atoms with E-state index >= 15 is 0 Å². The van der Waals surface area contributed by atoms with Crippen LogP contribution in [-0.2, 0) is 19.1 Å². The van der Waals surface area contributed by atoms with Crippen LogP contribution in [0.1, 0.15) is 232 Å². The quantitative estimate of drug-likeness (QED) is 0.0390. The number of aliphatic hydroxyl groups excluding tert-OH is 1. The Balaban J connectivity index is 3.50. The number of esters is 2. The van der Waals surface area contributed by atoms with Crippen LogP contribution >= 0.6 is 0 Å². The lowest BCUT2D eigenvalue weighted by atomic mass is 10.0. The molecule has 5 nitrogen and oxygen atoms in total. The monoisotopic (exact) mass is 705 g/mol. The molecule has 0 aromatic heterocycles. The van der Waals surface area contributed by atoms with Crippen molar-refractivity contribution in [3.05, 3.63) is 24.3 Å². The van der Waals surface area contributed by atoms with Gasteiger partial charge in [0.05, 0.1) is 6.61 Å². The van der Waals surface area contributed by atoms with Gasteiger partial charge in [0.15, 0.2) is 6.10 Å². The molecule has 1 atom stereocenters. The maximum atomic E-state index is 12.2. The van der Waals surface area contributed by atoms with Gasteiger partial charge in [0, 0.05) is 12.8 Å². The van der Waals surface area contributed by atoms with E-state index in [-0.39, 0.29) is 25.2 Å². The zero-order valence-electron chi connectivity index (χ0n) is 33.4. The molecule has 0 radical (unpaired) electrons. The molecule has 0 fully saturated rings. The molecule has 0 saturated heterocycles. The minimum Gasteiger partial charge on any atom is -0.462 e. The number of hydrogen-bond acceptors (Lipinski definition) is 5. The Morgan fingerprint density at radius 3 is 1.08 bits per heavy atom. The third kappa shape index (κ3) is 39.2. The van der Waals surface area contributed by atoms with Crippen molar-refractivity contribution in [2.45, 2.75) is 238 Å². The van der Waals surface area contributed by atoms with Gasteiger partial charge in [-0.3, -0.25) is 9.59 Å². The number of unbranched alkanes of at least 4 members (excludes halogenated alkanes) is 28. The fraction of sp³-hybridized carbons (Fsp3) is 0.867. The summed E-state index contributed by atoms with van der Waals surface area (Å²) >= 11 is 0. The Labute approximate surface area is 311 Å². The lowest BCUT2D eigenvalue weighted by molar-refractivity contribution is -0.161. The number of carbonyl (C=O) groups is 2. The molecule has 0 bridgehead atoms. The van der Waals surface area contributed by atoms with Gasteiger partial charge in [-0.05, 0) is 64.2 Å². The van der Waals surface area contributed by atoms with E-state index in [0.717, 1.165) is 44.9 Å². The smallest absolute Gasteiger partial charge is 0.306 e. The Kier molecular flexibility index (Phi) is 40.4. The first-order chi connectivity index (χ1) is 24.6. The van der Waals surface area contributed by atoms with Crippen LogP contribution in [0.4, 0.5) is 0 Å². The topological polar surface area (TPSA) is 72.8 Å². The maximum absolute atomic E-state index is 12.2. The second kappa shape index (κ2) is 41.8. The first-order valence-corrected chi connectivity index (χ1v) is 21.9. The number of allylic oxidation sites excluding steroid dienone is 4. The van der Waals surface area contributed by atoms with Crippen molar-refractivity contribution < 1.29 is 24.2 Å². The number of ether oxygens (including phenoxy) is 2. The summed E-state index contributed by atoms with van der Waals surface area (Å²) in [7, 11) is 0. The van der Waals surface area contributed by atoms with Gasteiger partial charge in [0.2, 0.25) is 0 Å². The first-order valence-electron chi connectivity index (χ1n) is 21.9. The third-order valence-electron chi connectivity index (χ3n) is 9.72. The van der Waals surface area contributed by atoms with E-state index < -0.39 is 6.10 Å². The molecule has 50 heavy (non-hydrogen) atoms. The molecule has 0 aliphatic heterocycles. The Bertz CT molecular complexity index is 761. The summed E-state index contributed by atoms with van der Waals surface area (Å²) < 4.78 is 10.6. The predicted octanol–water partition coefficient (Wildman–Crippen LogP) is 13.8. The molecular formula is C45H84O5. The molecule has 294 valence electrons. The molecular weight excluding hydrogens is 620 g/mol. The summed E-state index contributed by atoms with van der Waals surface area (Å²) in [6.07, 6.45) is 49.6. The highest BCUT2D eigenvalue weighted by atomic mass is 16.6. The minimum atomic E-state index is -0.772. The maximum Gasteiger partial charge on any atom is 0.306 e. The number of hydrogen-bond donors (Lipinski definition) is 1. The number of carbonyl (C=O) groups excluding carboxylic acids is 2. The summed E-state index contributed by atoms with van der Waals surface area (Å²) in [6, 6.07) is 0. The van der Waals surface area contributed by atoms with Crippen LogP contribution in [0.25, 0.3) is 0 Å². The van der Waals surface area contributed by atoms with Gasteiger partial charge in [-0.15, -0.1) is 0 Å². The molecule has 0 aromatic rings. The largest absolute Gasteiger partial charge is 0.462 e. The summed E-state index contributed by atoms with van der Waals surface area (Å²) in [5.74, 6) is -0.593. The average Bonchev–Trinajstić information content (AvgIpc) is 3.12. The summed E-state index contributed by atoms with van der Waals surface area (Å²) in [4.78, 5) is 24.3. The van der Waals surface area contributed by atoms with Crippen LogP contribution in [0.15, 0.2) is 24.3 Å². The van der Waals surface area contributed by atoms with Crippen molar-refractivity contribution in [3.63, 3.8) is 0 Å². The molecule has 0 aromatic carbocycles. The Morgan fingerprint density at radius 1 is 0.440 bits per heavy atom. The van der Waals surface area contributed by atoms with Crippen molar-refractivity contribution >= 4 is 11.9 Å². The van der Waals surface area contributed by atoms with Gasteiger partial charge in [-0.25, -0.2) is 0 Å². The standard InChI is InChI=1S/C45H84O5/c1-3-5-7-9-11-13-15-17-19-20-21-22-23-24-26-27-29-31-33-35-37-39-44(47)49-42-43(41-46)50-45(48)40-38-36-34-32-30-28-25-18-16-14-12-10-8-6-4-2/h17-19,25,43,46H,3-16,20-24,26-42H2,1-2H3/t43-/m0/s1. The molecule has 0 aliphatic carbocycles. The van der Waals surface area contributed by atoms with Crippen molar-refractivity contribution in [1.29, 1.82) is 0 Å². The van der Waals surface area contributed by atoms with Crippen molar-refractivity contribution in [1.82, 2.24) is 0 Å². The summed E-state index contributed by atoms with van der Waals surface area (Å²) in [5.41, 5.74) is 0. The van der Waals surface area contributed by atoms with Gasteiger partial charge in [0.25, 0.3) is 0 Å². The van der Waals surface area contributed by atoms with E-state index in [1.165, 1.54) is 161 Å². The fourth-order valence-corrected chi connectivity index (χ4v) is 6.37. The van der Waals surface area contributed by atoms with Crippen LogP contribution in [0.3, 0.4) is 0 Å². The molecule has 0 aliphatic rings. The normalized spacial score (nSPS) is 12.3. The molecule has 0 spiro atoms. The highest BCUT2D eigenvalue weighted by molar-refractivity contribution is 5.70. The third-order valence-corrected chi connectivity index (χ3v) is 9.72. The SMILES string of the molecule is CCCCCCCCC=CCCCCCCCCCCCCCC(=O)OC[C@H](CO)OC(=O)CCCCCCCC=CCCCCCCCC. The van der Waals surface area contributed by atoms with E-state index in [4.69, 9.17) is 9.47 Å². The van der Waals surface area contributed by atoms with Crippen LogP contribution in [0, 0.1) is 0 Å². The lowest BCUT2D eigenvalue weighted by Gasteiger charge is -2.15. The highest BCUT2D eigenvalue weighted by Gasteiger charge is 2.16. The van der Waals surface area contributed by atoms with Gasteiger partial charge in [-0.1, -0.05) is 179 Å². The van der Waals surface area contributed by atoms with Crippen LogP contribution in [0.5, 0.6) is 0 Å². The van der Waals surface area contributed by atoms with Crippen molar-refractivity contribution in [3.8, 4) is 0 Å². The van der Waals surface area contributed by atoms with Crippen LogP contribution in [-0.4, -0.2) is 36.4 Å². The fourth-order valence-electron chi connectivity index (χ4n) is 6.37. The van der Waals surface area contributed by atoms with E-state index in [1.54, 1.807) is 0 Å². The molecule has 0 amide bonds. The van der Waals surface area contributed by atoms with E-state index in [0.29, 0.717) is 12.8 Å². The summed E-state index contributed by atoms with van der Waals surface area (Å²) in [5, 5.41) is 9.57. The molecule has 1 N–H and O–H groups in total. The molecule has 5 heteroatoms. The van der Waals surface area contributed by atoms with E-state index in [9.17, 15) is 14.7 Å². The first kappa shape index (κ1) is 48.4.